The third-order valence-corrected chi connectivity index (χ3v) is 2.63. The molecule has 14 heavy (non-hydrogen) atoms. The Balaban J connectivity index is 2.26. The zero-order valence-corrected chi connectivity index (χ0v) is 8.79. The Morgan fingerprint density at radius 2 is 2.21 bits per heavy atom. The zero-order valence-electron chi connectivity index (χ0n) is 8.03. The van der Waals surface area contributed by atoms with E-state index in [0.29, 0.717) is 0 Å². The fourth-order valence-electron chi connectivity index (χ4n) is 1.62. The van der Waals surface area contributed by atoms with Gasteiger partial charge >= 0.3 is 0 Å². The first-order chi connectivity index (χ1) is 6.70. The summed E-state index contributed by atoms with van der Waals surface area (Å²) in [4.78, 5) is 2.16. The maximum Gasteiger partial charge on any atom is 0.142 e. The highest BCUT2D eigenvalue weighted by Crippen LogP contribution is 2.33. The van der Waals surface area contributed by atoms with E-state index in [1.807, 2.05) is 18.2 Å². The van der Waals surface area contributed by atoms with Crippen molar-refractivity contribution in [1.29, 1.82) is 0 Å². The van der Waals surface area contributed by atoms with Crippen LogP contribution in [-0.2, 0) is 0 Å². The maximum atomic E-state index is 5.92. The van der Waals surface area contributed by atoms with Gasteiger partial charge in [-0.3, -0.25) is 0 Å². The Kier molecular flexibility index (Phi) is 2.52. The molecule has 0 amide bonds. The van der Waals surface area contributed by atoms with Crippen molar-refractivity contribution >= 4 is 17.3 Å². The number of halogens is 1. The van der Waals surface area contributed by atoms with Gasteiger partial charge in [0, 0.05) is 24.2 Å². The molecule has 0 saturated carbocycles. The lowest BCUT2D eigenvalue weighted by Crippen LogP contribution is -2.55. The molecule has 0 bridgehead atoms. The second kappa shape index (κ2) is 3.67. The van der Waals surface area contributed by atoms with Crippen molar-refractivity contribution in [3.8, 4) is 5.75 Å². The smallest absolute Gasteiger partial charge is 0.142 e. The number of nitrogens with zero attached hydrogens (tertiary/aromatic N) is 1. The van der Waals surface area contributed by atoms with Crippen molar-refractivity contribution in [2.24, 2.45) is 5.73 Å². The van der Waals surface area contributed by atoms with Crippen LogP contribution in [0.3, 0.4) is 0 Å². The lowest BCUT2D eigenvalue weighted by atomic mass is 10.1. The summed E-state index contributed by atoms with van der Waals surface area (Å²) in [5.74, 6) is 0.848. The fraction of sp³-hybridized carbons (Fsp3) is 0.400. The van der Waals surface area contributed by atoms with E-state index in [9.17, 15) is 0 Å². The second-order valence-electron chi connectivity index (χ2n) is 3.48. The summed E-state index contributed by atoms with van der Waals surface area (Å²) in [7, 11) is 1.66. The molecule has 1 aromatic rings. The molecule has 1 saturated heterocycles. The number of methoxy groups -OCH3 is 1. The molecule has 2 N–H and O–H groups in total. The van der Waals surface area contributed by atoms with Crippen molar-refractivity contribution < 1.29 is 4.74 Å². The first kappa shape index (κ1) is 9.62. The first-order valence-electron chi connectivity index (χ1n) is 4.55. The van der Waals surface area contributed by atoms with Gasteiger partial charge < -0.3 is 15.4 Å². The minimum atomic E-state index is 0.277. The van der Waals surface area contributed by atoms with Crippen LogP contribution in [0, 0.1) is 0 Å². The number of anilines is 1. The number of ether oxygens (including phenoxy) is 1. The molecule has 1 aliphatic heterocycles. The molecular weight excluding hydrogens is 200 g/mol. The molecule has 0 radical (unpaired) electrons. The van der Waals surface area contributed by atoms with Gasteiger partial charge in [-0.25, -0.2) is 0 Å². The van der Waals surface area contributed by atoms with Gasteiger partial charge in [0.1, 0.15) is 5.75 Å². The van der Waals surface area contributed by atoms with Crippen molar-refractivity contribution in [1.82, 2.24) is 0 Å². The normalized spacial score (nSPS) is 16.6. The molecule has 1 aromatic carbocycles. The van der Waals surface area contributed by atoms with E-state index in [4.69, 9.17) is 22.1 Å². The average Bonchev–Trinajstić information content (AvgIpc) is 2.13. The van der Waals surface area contributed by atoms with Crippen LogP contribution in [-0.4, -0.2) is 26.2 Å². The van der Waals surface area contributed by atoms with Gasteiger partial charge in [0.15, 0.2) is 0 Å². The molecule has 2 rings (SSSR count). The predicted molar refractivity (Wildman–Crippen MR) is 58.2 cm³/mol. The lowest BCUT2D eigenvalue weighted by Gasteiger charge is -2.39. The highest BCUT2D eigenvalue weighted by molar-refractivity contribution is 6.30. The molecule has 0 aromatic heterocycles. The molecule has 0 spiro atoms. The number of nitrogens with two attached hydrogens (primary N) is 1. The summed E-state index contributed by atoms with van der Waals surface area (Å²) in [6.07, 6.45) is 0. The summed E-state index contributed by atoms with van der Waals surface area (Å²) in [6.45, 7) is 1.74. The summed E-state index contributed by atoms with van der Waals surface area (Å²) in [5, 5.41) is 0.723. The molecule has 1 fully saturated rings. The molecule has 4 heteroatoms. The zero-order chi connectivity index (χ0) is 10.1. The maximum absolute atomic E-state index is 5.92. The standard InChI is InChI=1S/C10H13ClN2O/c1-14-10-3-2-7(11)4-9(10)13-5-8(12)6-13/h2-4,8H,5-6,12H2,1H3. The number of hydrogen-bond donors (Lipinski definition) is 1. The molecule has 0 atom stereocenters. The predicted octanol–water partition coefficient (Wildman–Crippen LogP) is 1.50. The monoisotopic (exact) mass is 212 g/mol. The summed E-state index contributed by atoms with van der Waals surface area (Å²) >= 11 is 5.92. The van der Waals surface area contributed by atoms with Crippen molar-refractivity contribution in [3.05, 3.63) is 23.2 Å². The van der Waals surface area contributed by atoms with Crippen LogP contribution >= 0.6 is 11.6 Å². The number of rotatable bonds is 2. The number of hydrogen-bond acceptors (Lipinski definition) is 3. The third-order valence-electron chi connectivity index (χ3n) is 2.39. The largest absolute Gasteiger partial charge is 0.495 e. The molecule has 1 aliphatic rings. The van der Waals surface area contributed by atoms with Crippen LogP contribution in [0.2, 0.25) is 5.02 Å². The van der Waals surface area contributed by atoms with Gasteiger partial charge in [-0.05, 0) is 18.2 Å². The van der Waals surface area contributed by atoms with Crippen molar-refractivity contribution in [2.45, 2.75) is 6.04 Å². The van der Waals surface area contributed by atoms with Crippen LogP contribution < -0.4 is 15.4 Å². The van der Waals surface area contributed by atoms with Gasteiger partial charge in [0.05, 0.1) is 12.8 Å². The molecule has 76 valence electrons. The van der Waals surface area contributed by atoms with E-state index in [1.54, 1.807) is 7.11 Å². The molecule has 1 heterocycles. The summed E-state index contributed by atoms with van der Waals surface area (Å²) < 4.78 is 5.25. The average molecular weight is 213 g/mol. The van der Waals surface area contributed by atoms with Crippen LogP contribution in [0.5, 0.6) is 5.75 Å². The highest BCUT2D eigenvalue weighted by atomic mass is 35.5. The van der Waals surface area contributed by atoms with Crippen LogP contribution in [0.15, 0.2) is 18.2 Å². The minimum absolute atomic E-state index is 0.277. The summed E-state index contributed by atoms with van der Waals surface area (Å²) in [5.41, 5.74) is 6.75. The Morgan fingerprint density at radius 1 is 1.50 bits per heavy atom. The second-order valence-corrected chi connectivity index (χ2v) is 3.92. The molecular formula is C10H13ClN2O. The topological polar surface area (TPSA) is 38.5 Å². The SMILES string of the molecule is COc1ccc(Cl)cc1N1CC(N)C1. The van der Waals surface area contributed by atoms with Gasteiger partial charge in [-0.1, -0.05) is 11.6 Å². The molecule has 3 nitrogen and oxygen atoms in total. The number of benzene rings is 1. The van der Waals surface area contributed by atoms with Crippen molar-refractivity contribution in [3.63, 3.8) is 0 Å². The first-order valence-corrected chi connectivity index (χ1v) is 4.92. The van der Waals surface area contributed by atoms with Gasteiger partial charge in [-0.2, -0.15) is 0 Å². The quantitative estimate of drug-likeness (QED) is 0.808. The molecule has 0 unspecified atom stereocenters. The Hall–Kier alpha value is -0.930. The fourth-order valence-corrected chi connectivity index (χ4v) is 1.79. The highest BCUT2D eigenvalue weighted by Gasteiger charge is 2.25. The van der Waals surface area contributed by atoms with Crippen LogP contribution in [0.4, 0.5) is 5.69 Å². The molecule has 0 aliphatic carbocycles. The van der Waals surface area contributed by atoms with E-state index < -0.39 is 0 Å². The van der Waals surface area contributed by atoms with E-state index in [2.05, 4.69) is 4.90 Å². The Labute approximate surface area is 88.4 Å². The minimum Gasteiger partial charge on any atom is -0.495 e. The van der Waals surface area contributed by atoms with Crippen molar-refractivity contribution in [2.75, 3.05) is 25.1 Å². The van der Waals surface area contributed by atoms with Crippen LogP contribution in [0.25, 0.3) is 0 Å². The van der Waals surface area contributed by atoms with E-state index >= 15 is 0 Å². The Morgan fingerprint density at radius 3 is 2.79 bits per heavy atom. The lowest BCUT2D eigenvalue weighted by molar-refractivity contribution is 0.409. The van der Waals surface area contributed by atoms with Gasteiger partial charge in [-0.15, -0.1) is 0 Å². The van der Waals surface area contributed by atoms with Gasteiger partial charge in [0.25, 0.3) is 0 Å². The third kappa shape index (κ3) is 1.65. The van der Waals surface area contributed by atoms with E-state index in [1.165, 1.54) is 0 Å². The van der Waals surface area contributed by atoms with Crippen LogP contribution in [0.1, 0.15) is 0 Å². The Bertz CT molecular complexity index is 337. The van der Waals surface area contributed by atoms with Gasteiger partial charge in [0.2, 0.25) is 0 Å². The van der Waals surface area contributed by atoms with E-state index in [0.717, 1.165) is 29.5 Å². The van der Waals surface area contributed by atoms with E-state index in [-0.39, 0.29) is 6.04 Å². The summed E-state index contributed by atoms with van der Waals surface area (Å²) in [6, 6.07) is 5.89.